The van der Waals surface area contributed by atoms with E-state index in [0.29, 0.717) is 17.3 Å². The number of hydrogen-bond donors (Lipinski definition) is 2. The average molecular weight is 833 g/mol. The van der Waals surface area contributed by atoms with E-state index < -0.39 is 66.2 Å². The molecule has 5 aliphatic rings. The van der Waals surface area contributed by atoms with Crippen molar-refractivity contribution in [2.75, 3.05) is 4.43 Å². The van der Waals surface area contributed by atoms with E-state index in [2.05, 4.69) is 54.8 Å². The highest BCUT2D eigenvalue weighted by Gasteiger charge is 2.67. The van der Waals surface area contributed by atoms with Crippen molar-refractivity contribution < 1.29 is 71.6 Å². The number of rotatable bonds is 15. The van der Waals surface area contributed by atoms with Crippen LogP contribution >= 0.6 is 47.2 Å². The Labute approximate surface area is 301 Å². The first kappa shape index (κ1) is 38.9. The van der Waals surface area contributed by atoms with E-state index in [0.717, 1.165) is 31.3 Å². The zero-order valence-electron chi connectivity index (χ0n) is 26.9. The molecule has 1 spiro atoms. The van der Waals surface area contributed by atoms with Crippen molar-refractivity contribution in [3.8, 4) is 0 Å². The Morgan fingerprint density at radius 3 is 2.40 bits per heavy atom. The van der Waals surface area contributed by atoms with Crippen LogP contribution in [0.4, 0.5) is 0 Å². The molecule has 274 valence electrons. The quantitative estimate of drug-likeness (QED) is 0.0280. The van der Waals surface area contributed by atoms with E-state index in [-0.39, 0.29) is 66.6 Å². The topological polar surface area (TPSA) is 204 Å². The number of carbonyl (C=O) groups excluding carboxylic acids is 1. The van der Waals surface area contributed by atoms with E-state index in [1.807, 2.05) is 13.8 Å². The Morgan fingerprint density at radius 2 is 1.77 bits per heavy atom. The predicted molar refractivity (Wildman–Crippen MR) is 171 cm³/mol. The summed E-state index contributed by atoms with van der Waals surface area (Å²) in [7, 11) is 0. The van der Waals surface area contributed by atoms with Gasteiger partial charge in [-0.2, -0.15) is 0 Å². The smallest absolute Gasteiger partial charge is 0.306 e. The number of carbonyl (C=O) groups is 2. The summed E-state index contributed by atoms with van der Waals surface area (Å²) in [6, 6.07) is 0. The summed E-state index contributed by atoms with van der Waals surface area (Å²) in [4.78, 5) is 25.9. The van der Waals surface area contributed by atoms with Gasteiger partial charge in [-0.15, -0.1) is 8.67 Å². The summed E-state index contributed by atoms with van der Waals surface area (Å²) in [5, 5.41) is 49.8. The fourth-order valence-corrected chi connectivity index (χ4v) is 11.1. The molecule has 1 heterocycles. The molecule has 0 aromatic rings. The molecular formula is C30H43IO15S2-2. The molecule has 0 aromatic heterocycles. The first-order chi connectivity index (χ1) is 22.9. The van der Waals surface area contributed by atoms with Gasteiger partial charge in [0.2, 0.25) is 0 Å². The Kier molecular flexibility index (Phi) is 13.4. The van der Waals surface area contributed by atoms with Crippen LogP contribution < -0.4 is 10.5 Å². The maximum atomic E-state index is 13.1. The van der Waals surface area contributed by atoms with Crippen LogP contribution in [0.25, 0.3) is 0 Å². The molecule has 5 rings (SSSR count). The lowest BCUT2D eigenvalue weighted by atomic mass is 9.43. The summed E-state index contributed by atoms with van der Waals surface area (Å²) < 4.78 is 39.2. The molecule has 1 aliphatic heterocycles. The van der Waals surface area contributed by atoms with Gasteiger partial charge >= 0.3 is 11.9 Å². The molecule has 48 heavy (non-hydrogen) atoms. The van der Waals surface area contributed by atoms with Gasteiger partial charge in [-0.3, -0.25) is 28.0 Å². The van der Waals surface area contributed by atoms with Gasteiger partial charge in [0.1, 0.15) is 18.3 Å². The minimum Gasteiger partial charge on any atom is -0.691 e. The Morgan fingerprint density at radius 1 is 1.08 bits per heavy atom. The molecule has 1 saturated heterocycles. The van der Waals surface area contributed by atoms with Gasteiger partial charge in [0.25, 0.3) is 0 Å². The highest BCUT2D eigenvalue weighted by Crippen LogP contribution is 2.70. The molecule has 2 bridgehead atoms. The Balaban J connectivity index is 1.46. The molecule has 4 saturated carbocycles. The standard InChI is InChI=1S/C30H45IO15S2/c1-14(2)9-22(32)40-25-24(42-48-46-44-37)23(41-47-45-43-36)20(13-31)39-28(25)38-17-10-18(27(34)35)19-7-8-30-11-16(15(3)26(30)33)5-6-21(30)29(19,4)12-17/h14,16-21,23-26,28,33,36-37H,3,5-13H2,1-2,4H3,(H,34,35)/p-2/t16?,17?,18?,19?,20-,21?,23+,24+,25?,26-,28+,29?,30?/m0/s1/i31-2. The molecule has 0 aromatic carbocycles. The minimum atomic E-state index is -1.31. The van der Waals surface area contributed by atoms with Gasteiger partial charge in [0.05, 0.1) is 18.1 Å². The summed E-state index contributed by atoms with van der Waals surface area (Å²) >= 11 is 2.43. The summed E-state index contributed by atoms with van der Waals surface area (Å²) in [6.45, 7) is 10.1. The fourth-order valence-electron chi connectivity index (χ4n) is 9.67. The van der Waals surface area contributed by atoms with Crippen LogP contribution in [0, 0.1) is 40.4 Å². The van der Waals surface area contributed by atoms with E-state index in [4.69, 9.17) is 22.6 Å². The second-order valence-electron chi connectivity index (χ2n) is 14.3. The van der Waals surface area contributed by atoms with Crippen LogP contribution in [0.15, 0.2) is 12.2 Å². The number of esters is 1. The van der Waals surface area contributed by atoms with E-state index in [1.54, 1.807) is 0 Å². The largest absolute Gasteiger partial charge is 0.691 e. The maximum absolute atomic E-state index is 13.1. The minimum absolute atomic E-state index is 0.0506. The monoisotopic (exact) mass is 832 g/mol. The van der Waals surface area contributed by atoms with Gasteiger partial charge in [-0.1, -0.05) is 49.9 Å². The van der Waals surface area contributed by atoms with Crippen molar-refractivity contribution >= 4 is 59.2 Å². The number of hydrogen-bond acceptors (Lipinski definition) is 16. The van der Waals surface area contributed by atoms with Crippen LogP contribution in [0.3, 0.4) is 0 Å². The van der Waals surface area contributed by atoms with Crippen molar-refractivity contribution in [3.63, 3.8) is 0 Å². The van der Waals surface area contributed by atoms with E-state index in [9.17, 15) is 30.3 Å². The molecule has 0 amide bonds. The number of aliphatic carboxylic acids is 1. The number of halogens is 1. The van der Waals surface area contributed by atoms with Gasteiger partial charge in [-0.05, 0) is 79.6 Å². The highest BCUT2D eigenvalue weighted by atomic mass is 125. The highest BCUT2D eigenvalue weighted by molar-refractivity contribution is 14.1. The zero-order chi connectivity index (χ0) is 34.8. The summed E-state index contributed by atoms with van der Waals surface area (Å²) in [6.07, 6.45) is -2.13. The van der Waals surface area contributed by atoms with Crippen molar-refractivity contribution in [3.05, 3.63) is 12.2 Å². The van der Waals surface area contributed by atoms with Gasteiger partial charge in [0.15, 0.2) is 37.0 Å². The lowest BCUT2D eigenvalue weighted by molar-refractivity contribution is -0.778. The maximum Gasteiger partial charge on any atom is 0.306 e. The summed E-state index contributed by atoms with van der Waals surface area (Å²) in [5.74, 6) is -2.05. The van der Waals surface area contributed by atoms with Crippen molar-refractivity contribution in [1.82, 2.24) is 0 Å². The normalized spacial score (nSPS) is 42.3. The van der Waals surface area contributed by atoms with Crippen molar-refractivity contribution in [1.29, 1.82) is 0 Å². The number of fused-ring (bicyclic) bond motifs is 3. The molecule has 5 fully saturated rings. The number of aliphatic hydroxyl groups is 1. The molecule has 4 aliphatic carbocycles. The van der Waals surface area contributed by atoms with Crippen molar-refractivity contribution in [2.24, 2.45) is 40.4 Å². The Bertz CT molecular complexity index is 1150. The lowest BCUT2D eigenvalue weighted by Gasteiger charge is -2.62. The molecule has 15 nitrogen and oxygen atoms in total. The number of alkyl halides is 1. The Hall–Kier alpha value is -0.330. The van der Waals surface area contributed by atoms with E-state index in [1.165, 1.54) is 0 Å². The van der Waals surface area contributed by atoms with Crippen molar-refractivity contribution in [2.45, 2.75) is 115 Å². The van der Waals surface area contributed by atoms with Gasteiger partial charge in [0, 0.05) is 16.3 Å². The first-order valence-corrected chi connectivity index (χ1v) is 19.0. The zero-order valence-corrected chi connectivity index (χ0v) is 30.7. The molecule has 18 heteroatoms. The SMILES string of the molecule is C=C1C2CCC3C4(C)CC(O[C@@H]5O[C@@H](C[125I])[C@@H](OSOO[O-])[C@@H](OSOO[O-])C5OC(=O)CC(C)C)CC(C(=O)O)C4CCC3(C2)[C@H]1O. The molecular weight excluding hydrogens is 789 g/mol. The number of ether oxygens (including phenoxy) is 3. The van der Waals surface area contributed by atoms with Crippen LogP contribution in [-0.4, -0.2) is 69.5 Å². The average Bonchev–Trinajstić information content (AvgIpc) is 3.21. The second kappa shape index (κ2) is 16.6. The van der Waals surface area contributed by atoms with Gasteiger partial charge in [-0.25, -0.2) is 0 Å². The van der Waals surface area contributed by atoms with Gasteiger partial charge < -0.3 is 34.9 Å². The third-order valence-electron chi connectivity index (χ3n) is 11.4. The lowest BCUT2D eigenvalue weighted by Crippen LogP contribution is -2.63. The second-order valence-corrected chi connectivity index (χ2v) is 16.1. The third kappa shape index (κ3) is 7.72. The van der Waals surface area contributed by atoms with Crippen LogP contribution in [0.5, 0.6) is 0 Å². The third-order valence-corrected chi connectivity index (χ3v) is 13.1. The molecule has 2 N–H and O–H groups in total. The van der Waals surface area contributed by atoms with Crippen LogP contribution in [0.1, 0.15) is 72.1 Å². The summed E-state index contributed by atoms with van der Waals surface area (Å²) in [5.41, 5.74) is 0.0589. The number of carboxylic acids is 1. The van der Waals surface area contributed by atoms with Crippen LogP contribution in [-0.2, 0) is 50.9 Å². The predicted octanol–water partition coefficient (Wildman–Crippen LogP) is 3.08. The molecule has 8 unspecified atom stereocenters. The molecule has 0 radical (unpaired) electrons. The van der Waals surface area contributed by atoms with E-state index >= 15 is 0 Å². The first-order valence-electron chi connectivity index (χ1n) is 16.1. The fraction of sp³-hybridized carbons (Fsp3) is 0.867. The molecule has 13 atom stereocenters. The number of carboxylic acid groups (broad SMARTS) is 1. The number of aliphatic hydroxyl groups excluding tert-OH is 1. The van der Waals surface area contributed by atoms with Crippen LogP contribution in [0.2, 0.25) is 0 Å².